The fraction of sp³-hybridized carbons (Fsp3) is 0.286. The molecule has 0 saturated heterocycles. The van der Waals surface area contributed by atoms with Crippen LogP contribution in [0.25, 0.3) is 0 Å². The summed E-state index contributed by atoms with van der Waals surface area (Å²) >= 11 is 6.03. The molecule has 3 N–H and O–H groups in total. The van der Waals surface area contributed by atoms with Crippen LogP contribution >= 0.6 is 11.6 Å². The first-order valence-corrected chi connectivity index (χ1v) is 9.79. The second-order valence-corrected chi connectivity index (χ2v) is 8.01. The zero-order valence-electron chi connectivity index (χ0n) is 16.5. The van der Waals surface area contributed by atoms with E-state index in [4.69, 9.17) is 16.0 Å². The van der Waals surface area contributed by atoms with E-state index in [9.17, 15) is 18.8 Å². The topological polar surface area (TPSA) is 100 Å². The molecule has 1 unspecified atom stereocenters. The fourth-order valence-electron chi connectivity index (χ4n) is 3.58. The Bertz CT molecular complexity index is 1240. The average molecular weight is 432 g/mol. The largest absolute Gasteiger partial charge is 0.464 e. The van der Waals surface area contributed by atoms with Crippen molar-refractivity contribution in [1.82, 2.24) is 5.32 Å². The predicted octanol–water partition coefficient (Wildman–Crippen LogP) is 3.77. The van der Waals surface area contributed by atoms with E-state index in [0.717, 1.165) is 6.07 Å². The van der Waals surface area contributed by atoms with Gasteiger partial charge >= 0.3 is 0 Å². The summed E-state index contributed by atoms with van der Waals surface area (Å²) in [6, 6.07) is 4.29. The molecule has 1 aliphatic heterocycles. The number of halogens is 2. The van der Waals surface area contributed by atoms with Crippen LogP contribution in [0.15, 0.2) is 32.2 Å². The van der Waals surface area contributed by atoms with Crippen molar-refractivity contribution in [3.63, 3.8) is 0 Å². The highest BCUT2D eigenvalue weighted by atomic mass is 35.5. The number of carbonyl (C=O) groups is 1. The van der Waals surface area contributed by atoms with Gasteiger partial charge in [0.1, 0.15) is 28.7 Å². The third kappa shape index (κ3) is 3.17. The highest BCUT2D eigenvalue weighted by Crippen LogP contribution is 2.36. The number of furan rings is 1. The molecule has 0 spiro atoms. The Morgan fingerprint density at radius 1 is 1.13 bits per heavy atom. The SMILES string of the molecule is Cc1ccc(C(Nc2c(Nc3c(F)cc(Cl)c4c3C(=O)NC4)c(=O)c2=O)C(C)C)o1. The van der Waals surface area contributed by atoms with Gasteiger partial charge in [-0.1, -0.05) is 25.4 Å². The summed E-state index contributed by atoms with van der Waals surface area (Å²) < 4.78 is 20.3. The molecule has 7 nitrogen and oxygen atoms in total. The highest BCUT2D eigenvalue weighted by molar-refractivity contribution is 6.32. The van der Waals surface area contributed by atoms with Crippen LogP contribution in [0.4, 0.5) is 21.5 Å². The van der Waals surface area contributed by atoms with Crippen LogP contribution in [0.2, 0.25) is 5.02 Å². The summed E-state index contributed by atoms with van der Waals surface area (Å²) in [5, 5.41) is 8.40. The molecule has 9 heteroatoms. The van der Waals surface area contributed by atoms with Crippen LogP contribution in [0.1, 0.15) is 47.3 Å². The van der Waals surface area contributed by atoms with Crippen LogP contribution in [0.3, 0.4) is 0 Å². The first kappa shape index (κ1) is 20.2. The van der Waals surface area contributed by atoms with Gasteiger partial charge in [-0.2, -0.15) is 0 Å². The molecule has 2 heterocycles. The maximum atomic E-state index is 14.6. The van der Waals surface area contributed by atoms with Crippen molar-refractivity contribution in [3.05, 3.63) is 72.1 Å². The standard InChI is InChI=1S/C21H19ClFN3O4/c1-8(2)15(13-5-4-9(3)30-13)25-17-18(20(28)19(17)27)26-16-12(23)6-11(22)10-7-24-21(29)14(10)16/h4-6,8,15,25-26H,7H2,1-3H3,(H,24,29). The summed E-state index contributed by atoms with van der Waals surface area (Å²) in [5.41, 5.74) is -1.31. The van der Waals surface area contributed by atoms with Gasteiger partial charge in [0, 0.05) is 17.1 Å². The van der Waals surface area contributed by atoms with Gasteiger partial charge < -0.3 is 20.4 Å². The number of rotatable bonds is 6. The van der Waals surface area contributed by atoms with Crippen LogP contribution < -0.4 is 26.8 Å². The minimum absolute atomic E-state index is 0.0225. The maximum Gasteiger partial charge on any atom is 0.254 e. The lowest BCUT2D eigenvalue weighted by molar-refractivity contribution is 0.0966. The quantitative estimate of drug-likeness (QED) is 0.514. The Labute approximate surface area is 175 Å². The Morgan fingerprint density at radius 2 is 1.83 bits per heavy atom. The van der Waals surface area contributed by atoms with E-state index in [1.165, 1.54) is 0 Å². The molecular formula is C21H19ClFN3O4. The minimum atomic E-state index is -0.795. The average Bonchev–Trinajstić information content (AvgIpc) is 3.29. The van der Waals surface area contributed by atoms with Gasteiger partial charge in [-0.15, -0.1) is 0 Å². The number of benzene rings is 1. The van der Waals surface area contributed by atoms with Gasteiger partial charge in [0.25, 0.3) is 16.8 Å². The summed E-state index contributed by atoms with van der Waals surface area (Å²) in [5.74, 6) is 0.0465. The first-order chi connectivity index (χ1) is 14.2. The zero-order chi connectivity index (χ0) is 21.7. The summed E-state index contributed by atoms with van der Waals surface area (Å²) in [6.07, 6.45) is 0. The van der Waals surface area contributed by atoms with Crippen LogP contribution in [0, 0.1) is 18.7 Å². The Kier molecular flexibility index (Phi) is 4.89. The van der Waals surface area contributed by atoms with Gasteiger partial charge in [-0.25, -0.2) is 4.39 Å². The van der Waals surface area contributed by atoms with Crippen molar-refractivity contribution in [2.24, 2.45) is 5.92 Å². The second kappa shape index (κ2) is 7.28. The highest BCUT2D eigenvalue weighted by Gasteiger charge is 2.32. The first-order valence-electron chi connectivity index (χ1n) is 9.41. The van der Waals surface area contributed by atoms with Crippen molar-refractivity contribution in [2.75, 3.05) is 10.6 Å². The zero-order valence-corrected chi connectivity index (χ0v) is 17.2. The minimum Gasteiger partial charge on any atom is -0.464 e. The van der Waals surface area contributed by atoms with E-state index in [0.29, 0.717) is 17.1 Å². The van der Waals surface area contributed by atoms with E-state index in [-0.39, 0.29) is 46.2 Å². The van der Waals surface area contributed by atoms with E-state index < -0.39 is 22.6 Å². The molecule has 4 rings (SSSR count). The monoisotopic (exact) mass is 431 g/mol. The molecule has 0 bridgehead atoms. The molecule has 0 aliphatic carbocycles. The van der Waals surface area contributed by atoms with Crippen molar-refractivity contribution < 1.29 is 13.6 Å². The molecule has 1 aliphatic rings. The molecule has 156 valence electrons. The van der Waals surface area contributed by atoms with Gasteiger partial charge in [0.2, 0.25) is 0 Å². The van der Waals surface area contributed by atoms with Crippen molar-refractivity contribution in [2.45, 2.75) is 33.4 Å². The summed E-state index contributed by atoms with van der Waals surface area (Å²) in [7, 11) is 0. The van der Waals surface area contributed by atoms with Crippen LogP contribution in [-0.2, 0) is 6.54 Å². The number of carbonyl (C=O) groups excluding carboxylic acids is 1. The second-order valence-electron chi connectivity index (χ2n) is 7.60. The molecule has 0 radical (unpaired) electrons. The molecule has 1 aromatic heterocycles. The maximum absolute atomic E-state index is 14.6. The Morgan fingerprint density at radius 3 is 2.47 bits per heavy atom. The molecule has 0 saturated carbocycles. The molecule has 1 atom stereocenters. The van der Waals surface area contributed by atoms with E-state index in [1.807, 2.05) is 13.8 Å². The van der Waals surface area contributed by atoms with Gasteiger partial charge in [0.05, 0.1) is 17.3 Å². The third-order valence-electron chi connectivity index (χ3n) is 5.18. The van der Waals surface area contributed by atoms with E-state index in [2.05, 4.69) is 16.0 Å². The van der Waals surface area contributed by atoms with Crippen molar-refractivity contribution >= 4 is 34.6 Å². The van der Waals surface area contributed by atoms with Crippen molar-refractivity contribution in [3.8, 4) is 0 Å². The number of hydrogen-bond donors (Lipinski definition) is 3. The van der Waals surface area contributed by atoms with Gasteiger partial charge in [-0.05, 0) is 31.0 Å². The summed E-state index contributed by atoms with van der Waals surface area (Å²) in [6.45, 7) is 5.83. The normalized spacial score (nSPS) is 14.1. The summed E-state index contributed by atoms with van der Waals surface area (Å²) in [4.78, 5) is 36.7. The molecule has 1 amide bonds. The lowest BCUT2D eigenvalue weighted by Crippen LogP contribution is -2.38. The molecule has 0 fully saturated rings. The molecular weight excluding hydrogens is 413 g/mol. The molecule has 3 aromatic rings. The Balaban J connectivity index is 1.72. The fourth-order valence-corrected chi connectivity index (χ4v) is 3.84. The number of amides is 1. The number of fused-ring (bicyclic) bond motifs is 1. The lowest BCUT2D eigenvalue weighted by atomic mass is 10.00. The smallest absolute Gasteiger partial charge is 0.254 e. The van der Waals surface area contributed by atoms with Gasteiger partial charge in [-0.3, -0.25) is 14.4 Å². The number of aryl methyl sites for hydroxylation is 1. The molecule has 2 aromatic carbocycles. The number of hydrogen-bond acceptors (Lipinski definition) is 6. The van der Waals surface area contributed by atoms with E-state index >= 15 is 0 Å². The van der Waals surface area contributed by atoms with Gasteiger partial charge in [0.15, 0.2) is 0 Å². The number of nitrogens with one attached hydrogen (secondary N) is 3. The number of anilines is 3. The third-order valence-corrected chi connectivity index (χ3v) is 5.52. The van der Waals surface area contributed by atoms with Crippen LogP contribution in [-0.4, -0.2) is 5.91 Å². The molecule has 30 heavy (non-hydrogen) atoms. The van der Waals surface area contributed by atoms with E-state index in [1.54, 1.807) is 19.1 Å². The Hall–Kier alpha value is -3.13. The van der Waals surface area contributed by atoms with Crippen molar-refractivity contribution in [1.29, 1.82) is 0 Å². The predicted molar refractivity (Wildman–Crippen MR) is 112 cm³/mol. The van der Waals surface area contributed by atoms with Crippen LogP contribution in [0.5, 0.6) is 0 Å². The lowest BCUT2D eigenvalue weighted by Gasteiger charge is -2.24.